The van der Waals surface area contributed by atoms with Gasteiger partial charge in [-0.15, -0.1) is 0 Å². The van der Waals surface area contributed by atoms with Crippen molar-refractivity contribution in [3.05, 3.63) is 0 Å². The monoisotopic (exact) mass is 269 g/mol. The number of hydrogen-bond acceptors (Lipinski definition) is 4. The second-order valence-corrected chi connectivity index (χ2v) is 6.22. The van der Waals surface area contributed by atoms with Crippen LogP contribution < -0.4 is 0 Å². The van der Waals surface area contributed by atoms with Gasteiger partial charge in [0.25, 0.3) is 11.8 Å². The number of aliphatic carboxylic acids is 1. The van der Waals surface area contributed by atoms with Crippen molar-refractivity contribution in [3.8, 4) is 0 Å². The summed E-state index contributed by atoms with van der Waals surface area (Å²) in [6, 6.07) is -0.642. The van der Waals surface area contributed by atoms with E-state index in [2.05, 4.69) is 0 Å². The molecule has 2 amide bonds. The van der Waals surface area contributed by atoms with Crippen molar-refractivity contribution in [3.63, 3.8) is 0 Å². The first kappa shape index (κ1) is 14.0. The maximum atomic E-state index is 12.3. The van der Waals surface area contributed by atoms with Gasteiger partial charge in [-0.25, -0.2) is 0 Å². The van der Waals surface area contributed by atoms with E-state index in [9.17, 15) is 14.4 Å². The lowest BCUT2D eigenvalue weighted by Gasteiger charge is -2.41. The fourth-order valence-corrected chi connectivity index (χ4v) is 2.68. The summed E-state index contributed by atoms with van der Waals surface area (Å²) in [6.45, 7) is 5.50. The van der Waals surface area contributed by atoms with E-state index < -0.39 is 29.6 Å². The first-order chi connectivity index (χ1) is 8.71. The van der Waals surface area contributed by atoms with E-state index in [0.29, 0.717) is 12.8 Å². The summed E-state index contributed by atoms with van der Waals surface area (Å²) in [5, 5.41) is 9.02. The number of imide groups is 1. The second-order valence-electron chi connectivity index (χ2n) is 6.22. The highest BCUT2D eigenvalue weighted by atomic mass is 16.5. The normalized spacial score (nSPS) is 28.7. The van der Waals surface area contributed by atoms with Crippen LogP contribution in [0.15, 0.2) is 0 Å². The lowest BCUT2D eigenvalue weighted by Crippen LogP contribution is -2.59. The highest BCUT2D eigenvalue weighted by Crippen LogP contribution is 2.35. The summed E-state index contributed by atoms with van der Waals surface area (Å²) in [6.07, 6.45) is -0.325. The van der Waals surface area contributed by atoms with Gasteiger partial charge in [0.05, 0.1) is 12.5 Å². The second kappa shape index (κ2) is 4.59. The fraction of sp³-hybridized carbons (Fsp3) is 0.769. The summed E-state index contributed by atoms with van der Waals surface area (Å²) < 4.78 is 5.33. The minimum atomic E-state index is -1.01. The predicted molar refractivity (Wildman–Crippen MR) is 65.2 cm³/mol. The van der Waals surface area contributed by atoms with Crippen LogP contribution in [0.25, 0.3) is 0 Å². The van der Waals surface area contributed by atoms with Crippen molar-refractivity contribution in [1.82, 2.24) is 4.90 Å². The lowest BCUT2D eigenvalue weighted by molar-refractivity contribution is -0.175. The lowest BCUT2D eigenvalue weighted by atomic mass is 9.83. The zero-order valence-corrected chi connectivity index (χ0v) is 11.4. The van der Waals surface area contributed by atoms with E-state index in [4.69, 9.17) is 9.84 Å². The van der Waals surface area contributed by atoms with Crippen LogP contribution >= 0.6 is 0 Å². The number of carboxylic acid groups (broad SMARTS) is 1. The molecule has 106 valence electrons. The Hall–Kier alpha value is -1.43. The number of carbonyl (C=O) groups excluding carboxylic acids is 2. The van der Waals surface area contributed by atoms with Crippen molar-refractivity contribution in [1.29, 1.82) is 0 Å². The molecule has 2 aliphatic rings. The summed E-state index contributed by atoms with van der Waals surface area (Å²) in [5.41, 5.74) is -0.486. The van der Waals surface area contributed by atoms with Gasteiger partial charge in [0.15, 0.2) is 0 Å². The Kier molecular flexibility index (Phi) is 3.38. The minimum Gasteiger partial charge on any atom is -0.481 e. The van der Waals surface area contributed by atoms with Crippen LogP contribution in [-0.2, 0) is 19.1 Å². The third-order valence-electron chi connectivity index (χ3n) is 3.72. The molecule has 0 saturated carbocycles. The molecule has 6 nitrogen and oxygen atoms in total. The van der Waals surface area contributed by atoms with Gasteiger partial charge in [0.1, 0.15) is 12.2 Å². The molecule has 6 heteroatoms. The molecule has 3 atom stereocenters. The number of morpholine rings is 1. The number of hydrogen-bond donors (Lipinski definition) is 1. The molecular weight excluding hydrogens is 250 g/mol. The smallest absolute Gasteiger partial charge is 0.305 e. The standard InChI is InChI=1S/C13H19NO5/c1-13(2,3)9(6-10(15)16)14-11(17)7-4-5-8(19-7)12(14)18/h7-9H,4-6H2,1-3H3,(H,15,16). The molecule has 0 aromatic carbocycles. The molecule has 2 bridgehead atoms. The van der Waals surface area contributed by atoms with Gasteiger partial charge in [-0.2, -0.15) is 0 Å². The zero-order valence-electron chi connectivity index (χ0n) is 11.4. The average Bonchev–Trinajstić information content (AvgIpc) is 2.70. The largest absolute Gasteiger partial charge is 0.481 e. The predicted octanol–water partition coefficient (Wildman–Crippen LogP) is 0.792. The van der Waals surface area contributed by atoms with Gasteiger partial charge in [-0.05, 0) is 18.3 Å². The number of rotatable bonds is 3. The highest BCUT2D eigenvalue weighted by Gasteiger charge is 2.51. The minimum absolute atomic E-state index is 0.236. The van der Waals surface area contributed by atoms with Crippen molar-refractivity contribution in [2.75, 3.05) is 0 Å². The Balaban J connectivity index is 2.32. The Morgan fingerprint density at radius 2 is 1.79 bits per heavy atom. The van der Waals surface area contributed by atoms with E-state index >= 15 is 0 Å². The molecule has 0 aromatic heterocycles. The maximum absolute atomic E-state index is 12.3. The van der Waals surface area contributed by atoms with Crippen molar-refractivity contribution in [2.24, 2.45) is 5.41 Å². The number of likely N-dealkylation sites (tertiary alicyclic amines) is 1. The number of fused-ring (bicyclic) bond motifs is 2. The van der Waals surface area contributed by atoms with E-state index in [0.717, 1.165) is 4.90 Å². The Morgan fingerprint density at radius 3 is 2.16 bits per heavy atom. The van der Waals surface area contributed by atoms with E-state index in [1.807, 2.05) is 20.8 Å². The number of amides is 2. The Labute approximate surface area is 111 Å². The molecule has 19 heavy (non-hydrogen) atoms. The number of carbonyl (C=O) groups is 3. The van der Waals surface area contributed by atoms with Crippen LogP contribution in [0.1, 0.15) is 40.0 Å². The Bertz CT molecular complexity index is 403. The molecule has 3 unspecified atom stereocenters. The zero-order chi connectivity index (χ0) is 14.4. The highest BCUT2D eigenvalue weighted by molar-refractivity contribution is 6.03. The topological polar surface area (TPSA) is 83.9 Å². The molecule has 2 fully saturated rings. The summed E-state index contributed by atoms with van der Waals surface area (Å²) in [5.74, 6) is -1.79. The number of ether oxygens (including phenoxy) is 1. The van der Waals surface area contributed by atoms with Crippen molar-refractivity contribution >= 4 is 17.8 Å². The molecular formula is C13H19NO5. The molecule has 0 aliphatic carbocycles. The van der Waals surface area contributed by atoms with Crippen LogP contribution in [0.4, 0.5) is 0 Å². The van der Waals surface area contributed by atoms with Crippen LogP contribution in [0.3, 0.4) is 0 Å². The third-order valence-corrected chi connectivity index (χ3v) is 3.72. The maximum Gasteiger partial charge on any atom is 0.305 e. The van der Waals surface area contributed by atoms with Gasteiger partial charge in [0, 0.05) is 0 Å². The number of nitrogens with zero attached hydrogens (tertiary/aromatic N) is 1. The van der Waals surface area contributed by atoms with Crippen molar-refractivity contribution < 1.29 is 24.2 Å². The number of carboxylic acids is 1. The molecule has 0 spiro atoms. The average molecular weight is 269 g/mol. The van der Waals surface area contributed by atoms with Crippen LogP contribution in [0.5, 0.6) is 0 Å². The van der Waals surface area contributed by atoms with Gasteiger partial charge >= 0.3 is 5.97 Å². The Morgan fingerprint density at radius 1 is 1.32 bits per heavy atom. The van der Waals surface area contributed by atoms with Crippen molar-refractivity contribution in [2.45, 2.75) is 58.3 Å². The fourth-order valence-electron chi connectivity index (χ4n) is 2.68. The molecule has 1 N–H and O–H groups in total. The summed E-state index contributed by atoms with van der Waals surface area (Å²) in [4.78, 5) is 36.7. The third kappa shape index (κ3) is 2.49. The van der Waals surface area contributed by atoms with Gasteiger partial charge < -0.3 is 9.84 Å². The van der Waals surface area contributed by atoms with Gasteiger partial charge in [-0.1, -0.05) is 20.8 Å². The molecule has 0 radical (unpaired) electrons. The first-order valence-electron chi connectivity index (χ1n) is 6.46. The molecule has 2 heterocycles. The summed E-state index contributed by atoms with van der Waals surface area (Å²) in [7, 11) is 0. The van der Waals surface area contributed by atoms with Crippen LogP contribution in [-0.4, -0.2) is 46.0 Å². The molecule has 0 aromatic rings. The quantitative estimate of drug-likeness (QED) is 0.766. The van der Waals surface area contributed by atoms with Gasteiger partial charge in [0.2, 0.25) is 0 Å². The van der Waals surface area contributed by atoms with E-state index in [1.54, 1.807) is 0 Å². The molecule has 2 aliphatic heterocycles. The van der Waals surface area contributed by atoms with E-state index in [1.165, 1.54) is 0 Å². The SMILES string of the molecule is CC(C)(C)C(CC(=O)O)N1C(=O)C2CCC(O2)C1=O. The van der Waals surface area contributed by atoms with E-state index in [-0.39, 0.29) is 18.2 Å². The summed E-state index contributed by atoms with van der Waals surface area (Å²) >= 11 is 0. The van der Waals surface area contributed by atoms with Gasteiger partial charge in [-0.3, -0.25) is 19.3 Å². The molecule has 2 saturated heterocycles. The molecule has 2 rings (SSSR count). The van der Waals surface area contributed by atoms with Crippen LogP contribution in [0, 0.1) is 5.41 Å². The van der Waals surface area contributed by atoms with Crippen LogP contribution in [0.2, 0.25) is 0 Å². The first-order valence-corrected chi connectivity index (χ1v) is 6.46.